The molecule has 0 radical (unpaired) electrons. The molecule has 0 unspecified atom stereocenters. The second-order valence-corrected chi connectivity index (χ2v) is 2.66. The van der Waals surface area contributed by atoms with Crippen LogP contribution in [0.25, 0.3) is 0 Å². The quantitative estimate of drug-likeness (QED) is 0.555. The van der Waals surface area contributed by atoms with Crippen LogP contribution in [0.4, 0.5) is 0 Å². The van der Waals surface area contributed by atoms with Crippen molar-refractivity contribution in [2.75, 3.05) is 0 Å². The first-order chi connectivity index (χ1) is 5.24. The molecule has 0 amide bonds. The van der Waals surface area contributed by atoms with E-state index in [0.717, 1.165) is 5.69 Å². The molecule has 1 aromatic rings. The molecule has 0 N–H and O–H groups in total. The van der Waals surface area contributed by atoms with E-state index in [4.69, 9.17) is 0 Å². The van der Waals surface area contributed by atoms with Gasteiger partial charge in [0.15, 0.2) is 5.78 Å². The number of alkyl halides is 1. The summed E-state index contributed by atoms with van der Waals surface area (Å²) in [6.07, 6.45) is 0. The Bertz CT molecular complexity index is 258. The maximum absolute atomic E-state index is 10.7. The van der Waals surface area contributed by atoms with E-state index in [1.54, 1.807) is 12.1 Å². The van der Waals surface area contributed by atoms with Gasteiger partial charge in [-0.2, -0.15) is 5.10 Å². The third-order valence-electron chi connectivity index (χ3n) is 1.22. The number of halogens is 1. The molecule has 11 heavy (non-hydrogen) atoms. The summed E-state index contributed by atoms with van der Waals surface area (Å²) in [6, 6.07) is 3.45. The largest absolute Gasteiger partial charge is 0.293 e. The number of carbonyl (C=O) groups excluding carboxylic acids is 1. The van der Waals surface area contributed by atoms with Crippen LogP contribution in [0.1, 0.15) is 23.1 Å². The Morgan fingerprint density at radius 3 is 2.64 bits per heavy atom. The third-order valence-corrected chi connectivity index (χ3v) is 1.79. The van der Waals surface area contributed by atoms with Crippen molar-refractivity contribution in [3.63, 3.8) is 0 Å². The number of hydrogen-bond donors (Lipinski definition) is 0. The van der Waals surface area contributed by atoms with E-state index in [9.17, 15) is 4.79 Å². The Morgan fingerprint density at radius 2 is 2.27 bits per heavy atom. The second kappa shape index (κ2) is 3.57. The minimum absolute atomic E-state index is 0.0568. The summed E-state index contributed by atoms with van der Waals surface area (Å²) in [6.45, 7) is 1.47. The van der Waals surface area contributed by atoms with Gasteiger partial charge in [-0.05, 0) is 12.1 Å². The van der Waals surface area contributed by atoms with Gasteiger partial charge < -0.3 is 0 Å². The van der Waals surface area contributed by atoms with Crippen LogP contribution < -0.4 is 0 Å². The number of nitrogens with zero attached hydrogens (tertiary/aromatic N) is 2. The van der Waals surface area contributed by atoms with Crippen molar-refractivity contribution >= 4 is 21.7 Å². The van der Waals surface area contributed by atoms with Crippen LogP contribution in [-0.4, -0.2) is 16.0 Å². The van der Waals surface area contributed by atoms with E-state index in [1.807, 2.05) is 0 Å². The highest BCUT2D eigenvalue weighted by Gasteiger charge is 2.00. The first kappa shape index (κ1) is 8.33. The van der Waals surface area contributed by atoms with E-state index in [-0.39, 0.29) is 5.78 Å². The van der Waals surface area contributed by atoms with Crippen molar-refractivity contribution in [2.24, 2.45) is 0 Å². The molecule has 58 valence electrons. The molecule has 0 aliphatic heterocycles. The van der Waals surface area contributed by atoms with Crippen molar-refractivity contribution < 1.29 is 4.79 Å². The molecule has 0 spiro atoms. The first-order valence-electron chi connectivity index (χ1n) is 3.13. The van der Waals surface area contributed by atoms with Crippen LogP contribution in [-0.2, 0) is 5.33 Å². The summed E-state index contributed by atoms with van der Waals surface area (Å²) in [5.74, 6) is -0.0568. The molecule has 0 saturated heterocycles. The van der Waals surface area contributed by atoms with Gasteiger partial charge in [0.2, 0.25) is 0 Å². The van der Waals surface area contributed by atoms with Crippen LogP contribution in [0.15, 0.2) is 12.1 Å². The smallest absolute Gasteiger partial charge is 0.180 e. The highest BCUT2D eigenvalue weighted by Crippen LogP contribution is 2.01. The predicted molar refractivity (Wildman–Crippen MR) is 44.7 cm³/mol. The van der Waals surface area contributed by atoms with Gasteiger partial charge in [-0.15, -0.1) is 5.10 Å². The van der Waals surface area contributed by atoms with Gasteiger partial charge in [-0.1, -0.05) is 15.9 Å². The lowest BCUT2D eigenvalue weighted by molar-refractivity contribution is 0.101. The van der Waals surface area contributed by atoms with Gasteiger partial charge >= 0.3 is 0 Å². The van der Waals surface area contributed by atoms with Gasteiger partial charge in [0.1, 0.15) is 5.69 Å². The fraction of sp³-hybridized carbons (Fsp3) is 0.286. The number of hydrogen-bond acceptors (Lipinski definition) is 3. The molecule has 0 aliphatic rings. The van der Waals surface area contributed by atoms with Crippen molar-refractivity contribution in [3.8, 4) is 0 Å². The fourth-order valence-electron chi connectivity index (χ4n) is 0.619. The SMILES string of the molecule is CC(=O)c1ccc(CBr)nn1. The molecule has 0 aromatic carbocycles. The molecular formula is C7H7BrN2O. The minimum Gasteiger partial charge on any atom is -0.293 e. The average molecular weight is 215 g/mol. The van der Waals surface area contributed by atoms with Gasteiger partial charge in [-0.25, -0.2) is 0 Å². The summed E-state index contributed by atoms with van der Waals surface area (Å²) >= 11 is 3.23. The molecule has 1 rings (SSSR count). The number of aromatic nitrogens is 2. The minimum atomic E-state index is -0.0568. The lowest BCUT2D eigenvalue weighted by Gasteiger charge is -1.93. The fourth-order valence-corrected chi connectivity index (χ4v) is 0.918. The van der Waals surface area contributed by atoms with E-state index in [2.05, 4.69) is 26.1 Å². The van der Waals surface area contributed by atoms with Crippen LogP contribution in [0, 0.1) is 0 Å². The van der Waals surface area contributed by atoms with E-state index < -0.39 is 0 Å². The Morgan fingerprint density at radius 1 is 1.55 bits per heavy atom. The van der Waals surface area contributed by atoms with Crippen LogP contribution >= 0.6 is 15.9 Å². The van der Waals surface area contributed by atoms with Crippen molar-refractivity contribution in [1.29, 1.82) is 0 Å². The predicted octanol–water partition coefficient (Wildman–Crippen LogP) is 1.57. The number of rotatable bonds is 2. The first-order valence-corrected chi connectivity index (χ1v) is 4.25. The average Bonchev–Trinajstić information content (AvgIpc) is 2.05. The van der Waals surface area contributed by atoms with Crippen LogP contribution in [0.5, 0.6) is 0 Å². The molecule has 0 fully saturated rings. The molecule has 1 heterocycles. The number of Topliss-reactive ketones (excluding diaryl/α,β-unsaturated/α-hetero) is 1. The standard InChI is InChI=1S/C7H7BrN2O/c1-5(11)7-3-2-6(4-8)9-10-7/h2-3H,4H2,1H3. The molecule has 1 aromatic heterocycles. The Labute approximate surface area is 73.0 Å². The molecule has 3 nitrogen and oxygen atoms in total. The molecule has 0 atom stereocenters. The zero-order valence-corrected chi connectivity index (χ0v) is 7.63. The number of carbonyl (C=O) groups is 1. The maximum Gasteiger partial charge on any atom is 0.180 e. The summed E-state index contributed by atoms with van der Waals surface area (Å²) < 4.78 is 0. The normalized spacial score (nSPS) is 9.64. The molecule has 4 heteroatoms. The van der Waals surface area contributed by atoms with Gasteiger partial charge in [0.05, 0.1) is 5.69 Å². The molecule has 0 bridgehead atoms. The lowest BCUT2D eigenvalue weighted by Crippen LogP contribution is -1.99. The van der Waals surface area contributed by atoms with E-state index >= 15 is 0 Å². The summed E-state index contributed by atoms with van der Waals surface area (Å²) in [7, 11) is 0. The lowest BCUT2D eigenvalue weighted by atomic mass is 10.3. The van der Waals surface area contributed by atoms with Crippen molar-refractivity contribution in [2.45, 2.75) is 12.3 Å². The van der Waals surface area contributed by atoms with Crippen LogP contribution in [0.2, 0.25) is 0 Å². The monoisotopic (exact) mass is 214 g/mol. The topological polar surface area (TPSA) is 42.9 Å². The Hall–Kier alpha value is -0.770. The molecular weight excluding hydrogens is 208 g/mol. The van der Waals surface area contributed by atoms with Crippen molar-refractivity contribution in [1.82, 2.24) is 10.2 Å². The van der Waals surface area contributed by atoms with Crippen molar-refractivity contribution in [3.05, 3.63) is 23.5 Å². The zero-order chi connectivity index (χ0) is 8.27. The third kappa shape index (κ3) is 2.08. The van der Waals surface area contributed by atoms with Gasteiger partial charge in [0, 0.05) is 12.3 Å². The van der Waals surface area contributed by atoms with E-state index in [0.29, 0.717) is 11.0 Å². The Balaban J connectivity index is 2.91. The molecule has 0 saturated carbocycles. The molecule has 0 aliphatic carbocycles. The van der Waals surface area contributed by atoms with Gasteiger partial charge in [-0.3, -0.25) is 4.79 Å². The van der Waals surface area contributed by atoms with E-state index in [1.165, 1.54) is 6.92 Å². The summed E-state index contributed by atoms with van der Waals surface area (Å²) in [5.41, 5.74) is 1.24. The highest BCUT2D eigenvalue weighted by molar-refractivity contribution is 9.08. The highest BCUT2D eigenvalue weighted by atomic mass is 79.9. The van der Waals surface area contributed by atoms with Crippen LogP contribution in [0.3, 0.4) is 0 Å². The maximum atomic E-state index is 10.7. The Kier molecular flexibility index (Phi) is 2.70. The summed E-state index contributed by atoms with van der Waals surface area (Å²) in [5, 5.41) is 8.19. The zero-order valence-electron chi connectivity index (χ0n) is 6.04. The summed E-state index contributed by atoms with van der Waals surface area (Å²) in [4.78, 5) is 10.7. The second-order valence-electron chi connectivity index (χ2n) is 2.10. The number of ketones is 1. The van der Waals surface area contributed by atoms with Gasteiger partial charge in [0.25, 0.3) is 0 Å².